The second-order valence-electron chi connectivity index (χ2n) is 7.07. The van der Waals surface area contributed by atoms with Gasteiger partial charge in [-0.3, -0.25) is 14.9 Å². The van der Waals surface area contributed by atoms with Gasteiger partial charge in [0.2, 0.25) is 5.78 Å². The van der Waals surface area contributed by atoms with Crippen molar-refractivity contribution in [3.63, 3.8) is 0 Å². The summed E-state index contributed by atoms with van der Waals surface area (Å²) in [4.78, 5) is 23.2. The fourth-order valence-electron chi connectivity index (χ4n) is 3.33. The number of nitro benzene ring substituents is 1. The van der Waals surface area contributed by atoms with Gasteiger partial charge >= 0.3 is 0 Å². The standard InChI is InChI=1S/C24H19NO5/c1-15-6-3-4-8-18(15)14-29-21-11-10-20-23(26)22(30-24(20)16(21)2)13-17-7-5-9-19(12-17)25(27)28/h3-13H,14H2,1-2H3/b22-13-. The fourth-order valence-corrected chi connectivity index (χ4v) is 3.33. The van der Waals surface area contributed by atoms with Crippen LogP contribution in [0.3, 0.4) is 0 Å². The van der Waals surface area contributed by atoms with E-state index in [9.17, 15) is 14.9 Å². The third-order valence-corrected chi connectivity index (χ3v) is 5.06. The maximum Gasteiger partial charge on any atom is 0.270 e. The highest BCUT2D eigenvalue weighted by Crippen LogP contribution is 2.39. The molecule has 4 rings (SSSR count). The van der Waals surface area contributed by atoms with Gasteiger partial charge in [-0.15, -0.1) is 0 Å². The van der Waals surface area contributed by atoms with Crippen molar-refractivity contribution in [1.82, 2.24) is 0 Å². The van der Waals surface area contributed by atoms with Crippen LogP contribution in [0.5, 0.6) is 11.5 Å². The smallest absolute Gasteiger partial charge is 0.270 e. The van der Waals surface area contributed by atoms with E-state index in [-0.39, 0.29) is 17.2 Å². The van der Waals surface area contributed by atoms with Crippen LogP contribution in [0.15, 0.2) is 66.4 Å². The summed E-state index contributed by atoms with van der Waals surface area (Å²) in [5, 5.41) is 11.0. The average Bonchev–Trinajstić information content (AvgIpc) is 3.05. The number of allylic oxidation sites excluding steroid dienone is 1. The third kappa shape index (κ3) is 3.67. The molecule has 0 radical (unpaired) electrons. The Hall–Kier alpha value is -3.93. The molecule has 3 aromatic carbocycles. The zero-order valence-electron chi connectivity index (χ0n) is 16.5. The molecule has 1 heterocycles. The number of hydrogen-bond donors (Lipinski definition) is 0. The van der Waals surface area contributed by atoms with Crippen molar-refractivity contribution in [2.75, 3.05) is 0 Å². The monoisotopic (exact) mass is 401 g/mol. The molecule has 3 aromatic rings. The summed E-state index contributed by atoms with van der Waals surface area (Å²) in [7, 11) is 0. The van der Waals surface area contributed by atoms with Crippen LogP contribution in [0.2, 0.25) is 0 Å². The van der Waals surface area contributed by atoms with E-state index in [0.717, 1.165) is 16.7 Å². The Morgan fingerprint density at radius 2 is 1.87 bits per heavy atom. The largest absolute Gasteiger partial charge is 0.488 e. The molecule has 0 N–H and O–H groups in total. The Balaban J connectivity index is 1.59. The summed E-state index contributed by atoms with van der Waals surface area (Å²) in [5.41, 5.74) is 3.89. The van der Waals surface area contributed by atoms with Gasteiger partial charge in [0.05, 0.1) is 10.5 Å². The van der Waals surface area contributed by atoms with E-state index in [1.807, 2.05) is 38.1 Å². The van der Waals surface area contributed by atoms with Crippen molar-refractivity contribution < 1.29 is 19.2 Å². The number of aryl methyl sites for hydroxylation is 1. The lowest BCUT2D eigenvalue weighted by molar-refractivity contribution is -0.384. The average molecular weight is 401 g/mol. The molecule has 6 nitrogen and oxygen atoms in total. The third-order valence-electron chi connectivity index (χ3n) is 5.06. The topological polar surface area (TPSA) is 78.7 Å². The van der Waals surface area contributed by atoms with Crippen LogP contribution in [0.1, 0.15) is 32.6 Å². The molecular weight excluding hydrogens is 382 g/mol. The highest BCUT2D eigenvalue weighted by molar-refractivity contribution is 6.15. The molecule has 0 atom stereocenters. The Morgan fingerprint density at radius 1 is 1.07 bits per heavy atom. The number of rotatable bonds is 5. The van der Waals surface area contributed by atoms with E-state index in [2.05, 4.69) is 0 Å². The maximum atomic E-state index is 12.7. The van der Waals surface area contributed by atoms with Gasteiger partial charge in [0, 0.05) is 17.7 Å². The van der Waals surface area contributed by atoms with E-state index in [1.54, 1.807) is 24.3 Å². The molecule has 0 aliphatic carbocycles. The van der Waals surface area contributed by atoms with Crippen LogP contribution in [0.4, 0.5) is 5.69 Å². The van der Waals surface area contributed by atoms with Crippen LogP contribution >= 0.6 is 0 Å². The van der Waals surface area contributed by atoms with Crippen molar-refractivity contribution in [3.05, 3.63) is 104 Å². The summed E-state index contributed by atoms with van der Waals surface area (Å²) in [5.74, 6) is 0.968. The number of carbonyl (C=O) groups is 1. The molecule has 0 fully saturated rings. The van der Waals surface area contributed by atoms with Gasteiger partial charge < -0.3 is 9.47 Å². The number of hydrogen-bond acceptors (Lipinski definition) is 5. The summed E-state index contributed by atoms with van der Waals surface area (Å²) >= 11 is 0. The summed E-state index contributed by atoms with van der Waals surface area (Å²) in [6.45, 7) is 4.28. The van der Waals surface area contributed by atoms with Crippen LogP contribution < -0.4 is 9.47 Å². The summed E-state index contributed by atoms with van der Waals surface area (Å²) in [6.07, 6.45) is 1.52. The van der Waals surface area contributed by atoms with Gasteiger partial charge in [0.15, 0.2) is 5.76 Å². The number of Topliss-reactive ketones (excluding diaryl/α,β-unsaturated/α-hetero) is 1. The number of ketones is 1. The molecule has 1 aliphatic rings. The van der Waals surface area contributed by atoms with Crippen LogP contribution in [-0.4, -0.2) is 10.7 Å². The summed E-state index contributed by atoms with van der Waals surface area (Å²) < 4.78 is 11.8. The van der Waals surface area contributed by atoms with Gasteiger partial charge in [-0.2, -0.15) is 0 Å². The molecule has 0 saturated carbocycles. The first-order valence-corrected chi connectivity index (χ1v) is 9.43. The molecule has 0 amide bonds. The molecule has 0 aromatic heterocycles. The number of nitrogens with zero attached hydrogens (tertiary/aromatic N) is 1. The summed E-state index contributed by atoms with van der Waals surface area (Å²) in [6, 6.07) is 17.5. The lowest BCUT2D eigenvalue weighted by Gasteiger charge is -2.12. The minimum absolute atomic E-state index is 0.0459. The maximum absolute atomic E-state index is 12.7. The lowest BCUT2D eigenvalue weighted by atomic mass is 10.1. The zero-order chi connectivity index (χ0) is 21.3. The van der Waals surface area contributed by atoms with Gasteiger partial charge in [-0.05, 0) is 48.7 Å². The quantitative estimate of drug-likeness (QED) is 0.325. The van der Waals surface area contributed by atoms with Gasteiger partial charge in [0.1, 0.15) is 18.1 Å². The molecule has 0 unspecified atom stereocenters. The van der Waals surface area contributed by atoms with E-state index in [4.69, 9.17) is 9.47 Å². The number of non-ortho nitro benzene ring substituents is 1. The van der Waals surface area contributed by atoms with Crippen molar-refractivity contribution in [3.8, 4) is 11.5 Å². The Kier molecular flexibility index (Phi) is 5.06. The van der Waals surface area contributed by atoms with Crippen LogP contribution in [-0.2, 0) is 6.61 Å². The molecule has 1 aliphatic heterocycles. The van der Waals surface area contributed by atoms with E-state index < -0.39 is 4.92 Å². The number of fused-ring (bicyclic) bond motifs is 1. The molecule has 0 bridgehead atoms. The van der Waals surface area contributed by atoms with Gasteiger partial charge in [-0.25, -0.2) is 0 Å². The lowest BCUT2D eigenvalue weighted by Crippen LogP contribution is -2.00. The van der Waals surface area contributed by atoms with Crippen molar-refractivity contribution in [2.45, 2.75) is 20.5 Å². The minimum atomic E-state index is -0.476. The molecule has 0 saturated heterocycles. The highest BCUT2D eigenvalue weighted by atomic mass is 16.6. The predicted molar refractivity (Wildman–Crippen MR) is 113 cm³/mol. The van der Waals surface area contributed by atoms with Crippen molar-refractivity contribution in [2.24, 2.45) is 0 Å². The first-order chi connectivity index (χ1) is 14.4. The molecule has 0 spiro atoms. The second-order valence-corrected chi connectivity index (χ2v) is 7.07. The van der Waals surface area contributed by atoms with Crippen LogP contribution in [0, 0.1) is 24.0 Å². The number of ether oxygens (including phenoxy) is 2. The zero-order valence-corrected chi connectivity index (χ0v) is 16.5. The highest BCUT2D eigenvalue weighted by Gasteiger charge is 2.30. The minimum Gasteiger partial charge on any atom is -0.488 e. The van der Waals surface area contributed by atoms with Crippen molar-refractivity contribution >= 4 is 17.5 Å². The molecule has 30 heavy (non-hydrogen) atoms. The second kappa shape index (κ2) is 7.83. The SMILES string of the molecule is Cc1ccccc1COc1ccc2c(c1C)O/C(=C\c1cccc([N+](=O)[O-])c1)C2=O. The first-order valence-electron chi connectivity index (χ1n) is 9.43. The fraction of sp³-hybridized carbons (Fsp3) is 0.125. The van der Waals surface area contributed by atoms with E-state index in [0.29, 0.717) is 29.2 Å². The van der Waals surface area contributed by atoms with Gasteiger partial charge in [-0.1, -0.05) is 36.4 Å². The Labute approximate surface area is 173 Å². The normalized spacial score (nSPS) is 13.8. The van der Waals surface area contributed by atoms with Crippen LogP contribution in [0.25, 0.3) is 6.08 Å². The predicted octanol–water partition coefficient (Wildman–Crippen LogP) is 5.41. The molecule has 6 heteroatoms. The number of nitro groups is 1. The van der Waals surface area contributed by atoms with E-state index >= 15 is 0 Å². The Morgan fingerprint density at radius 3 is 2.63 bits per heavy atom. The van der Waals surface area contributed by atoms with Gasteiger partial charge in [0.25, 0.3) is 5.69 Å². The van der Waals surface area contributed by atoms with Crippen molar-refractivity contribution in [1.29, 1.82) is 0 Å². The molecule has 150 valence electrons. The molecular formula is C24H19NO5. The van der Waals surface area contributed by atoms with E-state index in [1.165, 1.54) is 18.2 Å². The number of carbonyl (C=O) groups excluding carboxylic acids is 1. The Bertz CT molecular complexity index is 1200. The number of benzene rings is 3. The first kappa shape index (κ1) is 19.4.